The molecule has 0 saturated heterocycles. The number of fused-ring (bicyclic) bond motifs is 1. The zero-order valence-corrected chi connectivity index (χ0v) is 14.8. The van der Waals surface area contributed by atoms with Gasteiger partial charge in [0.05, 0.1) is 18.2 Å². The van der Waals surface area contributed by atoms with Gasteiger partial charge in [0.2, 0.25) is 0 Å². The number of carbonyl (C=O) groups is 1. The number of rotatable bonds is 7. The lowest BCUT2D eigenvalue weighted by molar-refractivity contribution is 0.0531. The molecule has 25 heavy (non-hydrogen) atoms. The fourth-order valence-corrected chi connectivity index (χ4v) is 3.40. The molecule has 0 unspecified atom stereocenters. The third kappa shape index (κ3) is 3.82. The van der Waals surface area contributed by atoms with E-state index in [0.717, 1.165) is 15.8 Å². The van der Waals surface area contributed by atoms with Gasteiger partial charge in [-0.05, 0) is 19.4 Å². The monoisotopic (exact) mass is 358 g/mol. The number of nitrogens with one attached hydrogen (secondary N) is 2. The highest BCUT2D eigenvalue weighted by Gasteiger charge is 2.19. The van der Waals surface area contributed by atoms with Gasteiger partial charge in [0.25, 0.3) is 0 Å². The van der Waals surface area contributed by atoms with Crippen LogP contribution in [-0.2, 0) is 4.74 Å². The van der Waals surface area contributed by atoms with Crippen molar-refractivity contribution in [1.82, 2.24) is 19.9 Å². The van der Waals surface area contributed by atoms with E-state index in [1.165, 1.54) is 17.7 Å². The molecule has 0 bridgehead atoms. The van der Waals surface area contributed by atoms with Crippen molar-refractivity contribution in [3.05, 3.63) is 35.4 Å². The van der Waals surface area contributed by atoms with Crippen LogP contribution in [-0.4, -0.2) is 45.6 Å². The van der Waals surface area contributed by atoms with Crippen molar-refractivity contribution >= 4 is 39.2 Å². The van der Waals surface area contributed by atoms with Gasteiger partial charge in [0.15, 0.2) is 0 Å². The molecule has 0 saturated carbocycles. The molecule has 3 heterocycles. The molecule has 0 fully saturated rings. The first-order valence-electron chi connectivity index (χ1n) is 7.85. The van der Waals surface area contributed by atoms with Crippen molar-refractivity contribution in [1.29, 1.82) is 0 Å². The van der Waals surface area contributed by atoms with Gasteiger partial charge >= 0.3 is 5.97 Å². The summed E-state index contributed by atoms with van der Waals surface area (Å²) in [5.41, 5.74) is 0.837. The van der Waals surface area contributed by atoms with Crippen LogP contribution in [0.5, 0.6) is 0 Å². The summed E-state index contributed by atoms with van der Waals surface area (Å²) in [5, 5.41) is 7.30. The number of carbonyl (C=O) groups excluding carboxylic acids is 1. The van der Waals surface area contributed by atoms with Gasteiger partial charge in [0.1, 0.15) is 27.7 Å². The van der Waals surface area contributed by atoms with Gasteiger partial charge < -0.3 is 15.4 Å². The van der Waals surface area contributed by atoms with Crippen molar-refractivity contribution in [2.24, 2.45) is 0 Å². The molecule has 0 spiro atoms. The topological polar surface area (TPSA) is 102 Å². The maximum absolute atomic E-state index is 12.1. The molecular formula is C16H18N6O2S. The third-order valence-electron chi connectivity index (χ3n) is 3.47. The molecule has 3 rings (SSSR count). The molecular weight excluding hydrogens is 340 g/mol. The summed E-state index contributed by atoms with van der Waals surface area (Å²) >= 11 is 1.32. The smallest absolute Gasteiger partial charge is 0.348 e. The maximum Gasteiger partial charge on any atom is 0.348 e. The van der Waals surface area contributed by atoms with E-state index in [-0.39, 0.29) is 5.97 Å². The largest absolute Gasteiger partial charge is 0.462 e. The Labute approximate surface area is 148 Å². The van der Waals surface area contributed by atoms with Gasteiger partial charge in [0, 0.05) is 25.5 Å². The summed E-state index contributed by atoms with van der Waals surface area (Å²) in [7, 11) is 0. The highest BCUT2D eigenvalue weighted by Crippen LogP contribution is 2.33. The zero-order chi connectivity index (χ0) is 17.6. The van der Waals surface area contributed by atoms with Crippen LogP contribution in [0.4, 0.5) is 11.6 Å². The van der Waals surface area contributed by atoms with Crippen LogP contribution in [0.25, 0.3) is 10.2 Å². The van der Waals surface area contributed by atoms with Crippen molar-refractivity contribution in [2.75, 3.05) is 30.3 Å². The van der Waals surface area contributed by atoms with E-state index in [0.29, 0.717) is 36.2 Å². The van der Waals surface area contributed by atoms with Gasteiger partial charge in [-0.3, -0.25) is 4.98 Å². The minimum absolute atomic E-state index is 0.321. The minimum Gasteiger partial charge on any atom is -0.462 e. The van der Waals surface area contributed by atoms with E-state index in [9.17, 15) is 4.79 Å². The van der Waals surface area contributed by atoms with Gasteiger partial charge in [-0.1, -0.05) is 0 Å². The zero-order valence-electron chi connectivity index (χ0n) is 13.9. The molecule has 9 heteroatoms. The van der Waals surface area contributed by atoms with E-state index in [1.54, 1.807) is 25.5 Å². The van der Waals surface area contributed by atoms with E-state index in [2.05, 4.69) is 30.6 Å². The number of hydrogen-bond donors (Lipinski definition) is 2. The Morgan fingerprint density at radius 2 is 2.04 bits per heavy atom. The summed E-state index contributed by atoms with van der Waals surface area (Å²) in [6.07, 6.45) is 6.42. The maximum atomic E-state index is 12.1. The van der Waals surface area contributed by atoms with Crippen molar-refractivity contribution in [2.45, 2.75) is 13.8 Å². The van der Waals surface area contributed by atoms with E-state index in [4.69, 9.17) is 4.74 Å². The molecule has 130 valence electrons. The van der Waals surface area contributed by atoms with Crippen molar-refractivity contribution in [3.8, 4) is 0 Å². The van der Waals surface area contributed by atoms with Gasteiger partial charge in [-0.15, -0.1) is 11.3 Å². The van der Waals surface area contributed by atoms with E-state index < -0.39 is 0 Å². The van der Waals surface area contributed by atoms with Crippen molar-refractivity contribution in [3.63, 3.8) is 0 Å². The normalized spacial score (nSPS) is 10.6. The second-order valence-electron chi connectivity index (χ2n) is 5.12. The molecule has 0 aliphatic rings. The summed E-state index contributed by atoms with van der Waals surface area (Å²) in [6.45, 7) is 5.30. The molecule has 3 aromatic heterocycles. The number of ether oxygens (including phenoxy) is 1. The fourth-order valence-electron chi connectivity index (χ4n) is 2.36. The fraction of sp³-hybridized carbons (Fsp3) is 0.312. The predicted octanol–water partition coefficient (Wildman–Crippen LogP) is 2.49. The molecule has 0 aliphatic heterocycles. The highest BCUT2D eigenvalue weighted by atomic mass is 32.1. The number of thiophene rings is 1. The van der Waals surface area contributed by atoms with Gasteiger partial charge in [-0.2, -0.15) is 0 Å². The van der Waals surface area contributed by atoms with E-state index in [1.807, 2.05) is 6.92 Å². The SMILES string of the molecule is CCOC(=O)c1sc2ncnc(NCCNc3cnccn3)c2c1C. The molecule has 0 aliphatic carbocycles. The number of aromatic nitrogens is 4. The lowest BCUT2D eigenvalue weighted by Crippen LogP contribution is -2.15. The Morgan fingerprint density at radius 3 is 2.80 bits per heavy atom. The van der Waals surface area contributed by atoms with E-state index >= 15 is 0 Å². The Bertz CT molecular complexity index is 868. The number of hydrogen-bond acceptors (Lipinski definition) is 9. The molecule has 2 N–H and O–H groups in total. The van der Waals surface area contributed by atoms with Crippen LogP contribution >= 0.6 is 11.3 Å². The standard InChI is InChI=1S/C16H18N6O2S/c1-3-24-16(23)13-10(2)12-14(21-9-22-15(12)25-13)20-7-6-19-11-8-17-4-5-18-11/h4-5,8-9H,3,6-7H2,1-2H3,(H,18,19)(H,20,21,22). The Morgan fingerprint density at radius 1 is 1.20 bits per heavy atom. The number of aryl methyl sites for hydroxylation is 1. The minimum atomic E-state index is -0.321. The number of anilines is 2. The number of nitrogens with zero attached hydrogens (tertiary/aromatic N) is 4. The van der Waals surface area contributed by atoms with Crippen LogP contribution in [0.2, 0.25) is 0 Å². The van der Waals surface area contributed by atoms with Crippen molar-refractivity contribution < 1.29 is 9.53 Å². The second-order valence-corrected chi connectivity index (χ2v) is 6.12. The van der Waals surface area contributed by atoms with Crippen LogP contribution in [0.15, 0.2) is 24.9 Å². The number of esters is 1. The lowest BCUT2D eigenvalue weighted by Gasteiger charge is -2.08. The van der Waals surface area contributed by atoms with Gasteiger partial charge in [-0.25, -0.2) is 19.7 Å². The average Bonchev–Trinajstić information content (AvgIpc) is 2.98. The first-order valence-corrected chi connectivity index (χ1v) is 8.67. The third-order valence-corrected chi connectivity index (χ3v) is 4.65. The first kappa shape index (κ1) is 17.0. The molecule has 8 nitrogen and oxygen atoms in total. The van der Waals surface area contributed by atoms with Crippen LogP contribution in [0, 0.1) is 6.92 Å². The molecule has 0 amide bonds. The predicted molar refractivity (Wildman–Crippen MR) is 97.1 cm³/mol. The molecule has 0 aromatic carbocycles. The Balaban J connectivity index is 1.72. The van der Waals surface area contributed by atoms with Crippen LogP contribution < -0.4 is 10.6 Å². The van der Waals surface area contributed by atoms with Crippen LogP contribution in [0.1, 0.15) is 22.2 Å². The first-order chi connectivity index (χ1) is 12.2. The quantitative estimate of drug-likeness (QED) is 0.491. The molecule has 0 atom stereocenters. The highest BCUT2D eigenvalue weighted by molar-refractivity contribution is 7.20. The summed E-state index contributed by atoms with van der Waals surface area (Å²) in [4.78, 5) is 30.1. The molecule has 3 aromatic rings. The Hall–Kier alpha value is -2.81. The lowest BCUT2D eigenvalue weighted by atomic mass is 10.2. The Kier molecular flexibility index (Phi) is 5.34. The summed E-state index contributed by atoms with van der Waals surface area (Å²) < 4.78 is 5.11. The summed E-state index contributed by atoms with van der Waals surface area (Å²) in [5.74, 6) is 1.10. The summed E-state index contributed by atoms with van der Waals surface area (Å²) in [6, 6.07) is 0. The average molecular weight is 358 g/mol. The molecule has 0 radical (unpaired) electrons. The second kappa shape index (κ2) is 7.84. The van der Waals surface area contributed by atoms with Crippen LogP contribution in [0.3, 0.4) is 0 Å².